The number of rotatable bonds is 14. The molecule has 0 rings (SSSR count). The van der Waals surface area contributed by atoms with Gasteiger partial charge in [0.05, 0.1) is 18.5 Å². The fourth-order valence-corrected chi connectivity index (χ4v) is 4.48. The zero-order valence-corrected chi connectivity index (χ0v) is 18.8. The minimum absolute atomic E-state index is 0. The molecule has 0 heterocycles. The molecule has 5 nitrogen and oxygen atoms in total. The molecule has 0 fully saturated rings. The van der Waals surface area contributed by atoms with E-state index >= 15 is 0 Å². The predicted octanol–water partition coefficient (Wildman–Crippen LogP) is 3.47. The summed E-state index contributed by atoms with van der Waals surface area (Å²) in [5.41, 5.74) is 0. The molecule has 0 aliphatic heterocycles. The molecule has 7 heteroatoms. The van der Waals surface area contributed by atoms with Crippen LogP contribution in [0.25, 0.3) is 0 Å². The van der Waals surface area contributed by atoms with E-state index in [0.29, 0.717) is 36.4 Å². The van der Waals surface area contributed by atoms with Crippen LogP contribution in [0, 0.1) is 23.7 Å². The molecule has 0 aromatic carbocycles. The SMILES string of the molecule is CC(C)C#CCNC(=O)COCCNC(SSCCNC(C)C)C(C)C.[HH].[HH].[HH]. The van der Waals surface area contributed by atoms with Crippen LogP contribution in [-0.2, 0) is 9.53 Å². The molecule has 0 aliphatic carbocycles. The van der Waals surface area contributed by atoms with E-state index in [1.54, 1.807) is 0 Å². The second-order valence-corrected chi connectivity index (χ2v) is 9.58. The lowest BCUT2D eigenvalue weighted by Crippen LogP contribution is -2.34. The molecule has 1 unspecified atom stereocenters. The number of amides is 1. The molecule has 1 atom stereocenters. The molecule has 0 radical (unpaired) electrons. The smallest absolute Gasteiger partial charge is 0.246 e. The largest absolute Gasteiger partial charge is 0.370 e. The number of hydrogen-bond acceptors (Lipinski definition) is 6. The Labute approximate surface area is 172 Å². The zero-order chi connectivity index (χ0) is 19.8. The summed E-state index contributed by atoms with van der Waals surface area (Å²) in [4.78, 5) is 11.6. The Hall–Kier alpha value is -0.390. The van der Waals surface area contributed by atoms with Gasteiger partial charge in [-0.25, -0.2) is 0 Å². The number of carbonyl (C=O) groups is 1. The van der Waals surface area contributed by atoms with Crippen molar-refractivity contribution < 1.29 is 13.8 Å². The Bertz CT molecular complexity index is 435. The third-order valence-electron chi connectivity index (χ3n) is 3.10. The average Bonchev–Trinajstić information content (AvgIpc) is 2.55. The fourth-order valence-electron chi connectivity index (χ4n) is 1.78. The van der Waals surface area contributed by atoms with Crippen molar-refractivity contribution >= 4 is 27.5 Å². The van der Waals surface area contributed by atoms with Gasteiger partial charge in [-0.1, -0.05) is 75.0 Å². The highest BCUT2D eigenvalue weighted by atomic mass is 33.1. The summed E-state index contributed by atoms with van der Waals surface area (Å²) in [6.45, 7) is 15.5. The van der Waals surface area contributed by atoms with E-state index in [1.165, 1.54) is 0 Å². The van der Waals surface area contributed by atoms with Gasteiger partial charge in [-0.2, -0.15) is 0 Å². The van der Waals surface area contributed by atoms with Gasteiger partial charge in [-0.15, -0.1) is 0 Å². The summed E-state index contributed by atoms with van der Waals surface area (Å²) in [6, 6.07) is 0.538. The lowest BCUT2D eigenvalue weighted by Gasteiger charge is -2.21. The molecule has 0 spiro atoms. The van der Waals surface area contributed by atoms with Crippen molar-refractivity contribution in [3.63, 3.8) is 0 Å². The van der Waals surface area contributed by atoms with E-state index in [4.69, 9.17) is 4.74 Å². The van der Waals surface area contributed by atoms with E-state index in [0.717, 1.165) is 18.8 Å². The molecule has 0 bridgehead atoms. The van der Waals surface area contributed by atoms with Gasteiger partial charge in [0.2, 0.25) is 5.91 Å². The molecule has 0 saturated carbocycles. The second-order valence-electron chi connectivity index (χ2n) is 6.95. The summed E-state index contributed by atoms with van der Waals surface area (Å²) >= 11 is 0. The minimum Gasteiger partial charge on any atom is -0.370 e. The van der Waals surface area contributed by atoms with Gasteiger partial charge in [-0.05, 0) is 5.92 Å². The molecular formula is C19H43N3O2S2. The van der Waals surface area contributed by atoms with Crippen molar-refractivity contribution in [2.75, 3.05) is 38.6 Å². The maximum Gasteiger partial charge on any atom is 0.246 e. The van der Waals surface area contributed by atoms with Crippen molar-refractivity contribution in [1.29, 1.82) is 0 Å². The van der Waals surface area contributed by atoms with E-state index in [-0.39, 0.29) is 16.8 Å². The van der Waals surface area contributed by atoms with Crippen LogP contribution in [0.4, 0.5) is 0 Å². The maximum absolute atomic E-state index is 11.6. The molecule has 158 valence electrons. The number of hydrogen-bond donors (Lipinski definition) is 3. The number of ether oxygens (including phenoxy) is 1. The Kier molecular flexibility index (Phi) is 16.5. The van der Waals surface area contributed by atoms with E-state index < -0.39 is 0 Å². The minimum atomic E-state index is -0.119. The third kappa shape index (κ3) is 17.0. The van der Waals surface area contributed by atoms with Crippen LogP contribution in [0.1, 0.15) is 45.8 Å². The van der Waals surface area contributed by atoms with Gasteiger partial charge in [0.1, 0.15) is 6.61 Å². The van der Waals surface area contributed by atoms with Crippen LogP contribution >= 0.6 is 21.6 Å². The first-order valence-electron chi connectivity index (χ1n) is 9.40. The highest BCUT2D eigenvalue weighted by molar-refractivity contribution is 8.76. The predicted molar refractivity (Wildman–Crippen MR) is 123 cm³/mol. The maximum atomic E-state index is 11.6. The van der Waals surface area contributed by atoms with Crippen LogP contribution in [0.2, 0.25) is 0 Å². The van der Waals surface area contributed by atoms with Gasteiger partial charge >= 0.3 is 0 Å². The highest BCUT2D eigenvalue weighted by Gasteiger charge is 2.13. The summed E-state index contributed by atoms with van der Waals surface area (Å²) < 4.78 is 5.42. The van der Waals surface area contributed by atoms with Crippen LogP contribution < -0.4 is 16.0 Å². The Morgan fingerprint density at radius 2 is 1.85 bits per heavy atom. The monoisotopic (exact) mass is 409 g/mol. The Morgan fingerprint density at radius 3 is 2.46 bits per heavy atom. The Morgan fingerprint density at radius 1 is 1.12 bits per heavy atom. The lowest BCUT2D eigenvalue weighted by molar-refractivity contribution is -0.125. The molecule has 0 aromatic heterocycles. The van der Waals surface area contributed by atoms with Crippen LogP contribution in [0.3, 0.4) is 0 Å². The number of nitrogens with one attached hydrogen (secondary N) is 3. The van der Waals surface area contributed by atoms with Gasteiger partial charge in [0, 0.05) is 35.1 Å². The first-order chi connectivity index (χ1) is 12.3. The van der Waals surface area contributed by atoms with Crippen molar-refractivity contribution in [3.8, 4) is 11.8 Å². The van der Waals surface area contributed by atoms with Gasteiger partial charge in [-0.3, -0.25) is 4.79 Å². The fraction of sp³-hybridized carbons (Fsp3) is 0.842. The van der Waals surface area contributed by atoms with Gasteiger partial charge in [0.15, 0.2) is 0 Å². The summed E-state index contributed by atoms with van der Waals surface area (Å²) in [5.74, 6) is 7.75. The van der Waals surface area contributed by atoms with Crippen LogP contribution in [0.15, 0.2) is 0 Å². The van der Waals surface area contributed by atoms with Gasteiger partial charge in [0.25, 0.3) is 0 Å². The quantitative estimate of drug-likeness (QED) is 0.177. The third-order valence-corrected chi connectivity index (χ3v) is 6.06. The lowest BCUT2D eigenvalue weighted by atomic mass is 10.2. The van der Waals surface area contributed by atoms with Crippen LogP contribution in [0.5, 0.6) is 0 Å². The normalized spacial score (nSPS) is 12.3. The van der Waals surface area contributed by atoms with Crippen molar-refractivity contribution in [2.24, 2.45) is 11.8 Å². The molecule has 3 N–H and O–H groups in total. The van der Waals surface area contributed by atoms with Gasteiger partial charge < -0.3 is 20.7 Å². The summed E-state index contributed by atoms with van der Waals surface area (Å²) in [7, 11) is 3.76. The van der Waals surface area contributed by atoms with E-state index in [2.05, 4.69) is 55.5 Å². The standard InChI is InChI=1S/C19H37N3O2S2.3H2/c1-15(2)8-7-9-21-18(23)14-24-12-10-22-19(16(3)4)26-25-13-11-20-17(5)6;;;/h15-17,19-20,22H,9-14H2,1-6H3,(H,21,23);3*1H. The molecule has 26 heavy (non-hydrogen) atoms. The van der Waals surface area contributed by atoms with Crippen molar-refractivity contribution in [3.05, 3.63) is 0 Å². The average molecular weight is 410 g/mol. The molecule has 0 saturated heterocycles. The molecule has 1 amide bonds. The summed E-state index contributed by atoms with van der Waals surface area (Å²) in [5, 5.41) is 10.0. The Balaban J connectivity index is -0.00000104. The van der Waals surface area contributed by atoms with Crippen molar-refractivity contribution in [2.45, 2.75) is 53.0 Å². The van der Waals surface area contributed by atoms with E-state index in [1.807, 2.05) is 35.4 Å². The molecule has 0 aliphatic rings. The summed E-state index contributed by atoms with van der Waals surface area (Å²) in [6.07, 6.45) is 0. The topological polar surface area (TPSA) is 62.4 Å². The zero-order valence-electron chi connectivity index (χ0n) is 17.2. The highest BCUT2D eigenvalue weighted by Crippen LogP contribution is 2.29. The van der Waals surface area contributed by atoms with E-state index in [9.17, 15) is 4.79 Å². The second kappa shape index (κ2) is 16.8. The first-order valence-corrected chi connectivity index (χ1v) is 11.8. The first kappa shape index (κ1) is 25.6. The number of carbonyl (C=O) groups excluding carboxylic acids is 1. The molecular weight excluding hydrogens is 366 g/mol. The van der Waals surface area contributed by atoms with Crippen LogP contribution in [-0.4, -0.2) is 55.9 Å². The molecule has 0 aromatic rings. The van der Waals surface area contributed by atoms with Crippen molar-refractivity contribution in [1.82, 2.24) is 16.0 Å².